The molecule has 0 saturated heterocycles. The number of rotatable bonds is 7. The monoisotopic (exact) mass is 391 g/mol. The van der Waals surface area contributed by atoms with Gasteiger partial charge in [-0.3, -0.25) is 9.59 Å². The molecule has 3 aromatic rings. The quantitative estimate of drug-likeness (QED) is 0.637. The van der Waals surface area contributed by atoms with Gasteiger partial charge in [0.05, 0.1) is 18.6 Å². The summed E-state index contributed by atoms with van der Waals surface area (Å²) in [6.45, 7) is 6.10. The van der Waals surface area contributed by atoms with Crippen molar-refractivity contribution in [2.75, 3.05) is 11.9 Å². The third-order valence-corrected chi connectivity index (χ3v) is 4.58. The maximum Gasteiger partial charge on any atom is 0.254 e. The van der Waals surface area contributed by atoms with Gasteiger partial charge in [0.25, 0.3) is 5.56 Å². The Balaban J connectivity index is 1.91. The van der Waals surface area contributed by atoms with Crippen LogP contribution in [0, 0.1) is 13.8 Å². The fourth-order valence-electron chi connectivity index (χ4n) is 2.89. The van der Waals surface area contributed by atoms with Gasteiger partial charge in [0, 0.05) is 16.9 Å². The van der Waals surface area contributed by atoms with Gasteiger partial charge in [0.15, 0.2) is 0 Å². The summed E-state index contributed by atoms with van der Waals surface area (Å²) < 4.78 is 5.83. The van der Waals surface area contributed by atoms with Gasteiger partial charge in [0.2, 0.25) is 5.91 Å². The van der Waals surface area contributed by atoms with E-state index in [1.807, 2.05) is 37.3 Å². The van der Waals surface area contributed by atoms with Crippen LogP contribution in [0.1, 0.15) is 30.2 Å². The van der Waals surface area contributed by atoms with Crippen LogP contribution in [0.2, 0.25) is 0 Å². The first-order valence-electron chi connectivity index (χ1n) is 9.66. The van der Waals surface area contributed by atoms with Crippen LogP contribution in [0.15, 0.2) is 53.3 Å². The Morgan fingerprint density at radius 3 is 2.59 bits per heavy atom. The van der Waals surface area contributed by atoms with Crippen molar-refractivity contribution in [3.63, 3.8) is 0 Å². The van der Waals surface area contributed by atoms with Gasteiger partial charge < -0.3 is 15.0 Å². The molecule has 150 valence electrons. The molecule has 6 heteroatoms. The lowest BCUT2D eigenvalue weighted by Gasteiger charge is -2.14. The smallest absolute Gasteiger partial charge is 0.254 e. The second-order valence-electron chi connectivity index (χ2n) is 6.89. The molecule has 0 atom stereocenters. The molecule has 6 nitrogen and oxygen atoms in total. The summed E-state index contributed by atoms with van der Waals surface area (Å²) >= 11 is 0. The Bertz CT molecular complexity index is 1060. The van der Waals surface area contributed by atoms with Crippen molar-refractivity contribution >= 4 is 11.6 Å². The highest BCUT2D eigenvalue weighted by molar-refractivity contribution is 5.93. The van der Waals surface area contributed by atoms with Crippen LogP contribution in [0.25, 0.3) is 11.4 Å². The molecule has 0 aliphatic rings. The number of aromatic nitrogens is 2. The van der Waals surface area contributed by atoms with Gasteiger partial charge in [0.1, 0.15) is 11.6 Å². The number of amides is 1. The fraction of sp³-hybridized carbons (Fsp3) is 0.261. The standard InChI is InChI=1S/C23H25N3O3/c1-4-12-29-20-11-10-18(25-21(27)13-17-8-6-5-7-9-17)14-19(20)22-24-16(3)15(2)23(28)26-22/h5-11,14H,4,12-13H2,1-3H3,(H,25,27)(H,24,26,28). The molecule has 1 amide bonds. The predicted molar refractivity (Wildman–Crippen MR) is 114 cm³/mol. The molecule has 1 heterocycles. The summed E-state index contributed by atoms with van der Waals surface area (Å²) in [6, 6.07) is 14.9. The molecule has 0 radical (unpaired) electrons. The van der Waals surface area contributed by atoms with E-state index in [-0.39, 0.29) is 17.9 Å². The van der Waals surface area contributed by atoms with Gasteiger partial charge in [-0.1, -0.05) is 37.3 Å². The molecule has 0 unspecified atom stereocenters. The minimum atomic E-state index is -0.188. The Morgan fingerprint density at radius 1 is 1.14 bits per heavy atom. The molecule has 2 aromatic carbocycles. The van der Waals surface area contributed by atoms with Crippen molar-refractivity contribution < 1.29 is 9.53 Å². The van der Waals surface area contributed by atoms with Crippen LogP contribution in [-0.4, -0.2) is 22.5 Å². The summed E-state index contributed by atoms with van der Waals surface area (Å²) in [7, 11) is 0. The third-order valence-electron chi connectivity index (χ3n) is 4.58. The number of anilines is 1. The van der Waals surface area contributed by atoms with E-state index in [1.54, 1.807) is 32.0 Å². The first-order chi connectivity index (χ1) is 14.0. The van der Waals surface area contributed by atoms with Crippen molar-refractivity contribution in [1.82, 2.24) is 9.97 Å². The summed E-state index contributed by atoms with van der Waals surface area (Å²) in [5.41, 5.74) is 3.24. The summed E-state index contributed by atoms with van der Waals surface area (Å²) in [6.07, 6.45) is 1.13. The molecule has 0 fully saturated rings. The van der Waals surface area contributed by atoms with Gasteiger partial charge in [-0.2, -0.15) is 0 Å². The lowest BCUT2D eigenvalue weighted by molar-refractivity contribution is -0.115. The zero-order valence-corrected chi connectivity index (χ0v) is 16.9. The number of carbonyl (C=O) groups is 1. The van der Waals surface area contributed by atoms with Crippen molar-refractivity contribution in [3.8, 4) is 17.1 Å². The van der Waals surface area contributed by atoms with Gasteiger partial charge in [-0.05, 0) is 44.0 Å². The molecule has 0 saturated carbocycles. The highest BCUT2D eigenvalue weighted by atomic mass is 16.5. The van der Waals surface area contributed by atoms with Crippen LogP contribution in [0.4, 0.5) is 5.69 Å². The lowest BCUT2D eigenvalue weighted by atomic mass is 10.1. The van der Waals surface area contributed by atoms with Crippen LogP contribution in [0.3, 0.4) is 0 Å². The average molecular weight is 391 g/mol. The van der Waals surface area contributed by atoms with E-state index >= 15 is 0 Å². The minimum Gasteiger partial charge on any atom is -0.493 e. The molecule has 0 aliphatic carbocycles. The highest BCUT2D eigenvalue weighted by Gasteiger charge is 2.14. The largest absolute Gasteiger partial charge is 0.493 e. The highest BCUT2D eigenvalue weighted by Crippen LogP contribution is 2.31. The number of carbonyl (C=O) groups excluding carboxylic acids is 1. The number of ether oxygens (including phenoxy) is 1. The third kappa shape index (κ3) is 5.10. The Morgan fingerprint density at radius 2 is 1.90 bits per heavy atom. The number of nitrogens with one attached hydrogen (secondary N) is 2. The Hall–Kier alpha value is -3.41. The van der Waals surface area contributed by atoms with Crippen molar-refractivity contribution in [2.45, 2.75) is 33.6 Å². The molecule has 0 bridgehead atoms. The van der Waals surface area contributed by atoms with E-state index in [9.17, 15) is 9.59 Å². The molecule has 29 heavy (non-hydrogen) atoms. The van der Waals surface area contributed by atoms with Crippen LogP contribution >= 0.6 is 0 Å². The maximum atomic E-state index is 12.4. The number of hydrogen-bond donors (Lipinski definition) is 2. The van der Waals surface area contributed by atoms with Gasteiger partial charge >= 0.3 is 0 Å². The topological polar surface area (TPSA) is 84.1 Å². The first-order valence-corrected chi connectivity index (χ1v) is 9.66. The van der Waals surface area contributed by atoms with E-state index in [0.717, 1.165) is 12.0 Å². The zero-order valence-electron chi connectivity index (χ0n) is 16.9. The average Bonchev–Trinajstić information content (AvgIpc) is 2.71. The van der Waals surface area contributed by atoms with Gasteiger partial charge in [-0.15, -0.1) is 0 Å². The van der Waals surface area contributed by atoms with Crippen molar-refractivity contribution in [1.29, 1.82) is 0 Å². The summed E-state index contributed by atoms with van der Waals surface area (Å²) in [4.78, 5) is 32.0. The zero-order chi connectivity index (χ0) is 20.8. The van der Waals surface area contributed by atoms with Crippen molar-refractivity contribution in [2.24, 2.45) is 0 Å². The molecule has 0 aliphatic heterocycles. The van der Waals surface area contributed by atoms with Crippen molar-refractivity contribution in [3.05, 3.63) is 75.7 Å². The normalized spacial score (nSPS) is 10.6. The van der Waals surface area contributed by atoms with E-state index in [0.29, 0.717) is 40.7 Å². The number of H-pyrrole nitrogens is 1. The molecular weight excluding hydrogens is 366 g/mol. The maximum absolute atomic E-state index is 12.4. The summed E-state index contributed by atoms with van der Waals surface area (Å²) in [5, 5.41) is 2.91. The molecule has 3 rings (SSSR count). The van der Waals surface area contributed by atoms with Gasteiger partial charge in [-0.25, -0.2) is 4.98 Å². The lowest BCUT2D eigenvalue weighted by Crippen LogP contribution is -2.16. The Labute approximate surface area is 170 Å². The van der Waals surface area contributed by atoms with E-state index < -0.39 is 0 Å². The molecule has 2 N–H and O–H groups in total. The van der Waals surface area contributed by atoms with Crippen LogP contribution in [-0.2, 0) is 11.2 Å². The first kappa shape index (κ1) is 20.3. The predicted octanol–water partition coefficient (Wildman–Crippen LogP) is 4.02. The molecule has 0 spiro atoms. The molecular formula is C23H25N3O3. The van der Waals surface area contributed by atoms with Crippen LogP contribution in [0.5, 0.6) is 5.75 Å². The SMILES string of the molecule is CCCOc1ccc(NC(=O)Cc2ccccc2)cc1-c1nc(C)c(C)c(=O)[nH]1. The second kappa shape index (κ2) is 9.19. The fourth-order valence-corrected chi connectivity index (χ4v) is 2.89. The van der Waals surface area contributed by atoms with E-state index in [4.69, 9.17) is 4.74 Å². The van der Waals surface area contributed by atoms with E-state index in [2.05, 4.69) is 15.3 Å². The minimum absolute atomic E-state index is 0.120. The number of aromatic amines is 1. The summed E-state index contributed by atoms with van der Waals surface area (Å²) in [5.74, 6) is 0.911. The number of benzene rings is 2. The number of hydrogen-bond acceptors (Lipinski definition) is 4. The molecule has 1 aromatic heterocycles. The van der Waals surface area contributed by atoms with Crippen LogP contribution < -0.4 is 15.6 Å². The number of aryl methyl sites for hydroxylation is 1. The Kier molecular flexibility index (Phi) is 6.44. The number of nitrogens with zero attached hydrogens (tertiary/aromatic N) is 1. The van der Waals surface area contributed by atoms with E-state index in [1.165, 1.54) is 0 Å². The second-order valence-corrected chi connectivity index (χ2v) is 6.89.